The second-order valence-electron chi connectivity index (χ2n) is 28.5. The van der Waals surface area contributed by atoms with Gasteiger partial charge in [-0.1, -0.05) is 74.7 Å². The number of epoxide rings is 1. The van der Waals surface area contributed by atoms with Gasteiger partial charge in [-0.2, -0.15) is 0 Å². The zero-order chi connectivity index (χ0) is 81.8. The number of carbonyl (C=O) groups excluding carboxylic acids is 10. The third-order valence-corrected chi connectivity index (χ3v) is 23.5. The van der Waals surface area contributed by atoms with E-state index in [1.54, 1.807) is 38.1 Å². The van der Waals surface area contributed by atoms with Gasteiger partial charge >= 0.3 is 18.1 Å². The van der Waals surface area contributed by atoms with Crippen LogP contribution in [0.1, 0.15) is 132 Å². The lowest BCUT2D eigenvalue weighted by Crippen LogP contribution is -2.63. The fraction of sp³-hybridized carbons (Fsp3) is 0.649. The molecule has 2 aromatic rings. The number of nitrogens with two attached hydrogens (primary N) is 1. The van der Waals surface area contributed by atoms with Crippen LogP contribution in [0.15, 0.2) is 60.2 Å². The number of hydrogen-bond donors (Lipinski definition) is 9. The second kappa shape index (κ2) is 43.8. The molecule has 0 radical (unpaired) electrons. The van der Waals surface area contributed by atoms with Crippen molar-refractivity contribution in [3.05, 3.63) is 81.9 Å². The number of benzene rings is 2. The summed E-state index contributed by atoms with van der Waals surface area (Å²) in [4.78, 5) is 139. The van der Waals surface area contributed by atoms with E-state index in [9.17, 15) is 69.9 Å². The van der Waals surface area contributed by atoms with Crippen LogP contribution >= 0.6 is 11.6 Å². The van der Waals surface area contributed by atoms with Gasteiger partial charge in [0.25, 0.3) is 5.91 Å². The van der Waals surface area contributed by atoms with Crippen LogP contribution in [0, 0.1) is 17.8 Å². The molecular weight excluding hydrogens is 1500 g/mol. The van der Waals surface area contributed by atoms with Crippen molar-refractivity contribution in [2.75, 3.05) is 124 Å². The summed E-state index contributed by atoms with van der Waals surface area (Å²) in [7, 11) is 1.95. The molecule has 2 saturated heterocycles. The number of hydrogen-bond acceptors (Lipinski definition) is 24. The smallest absolute Gasteiger partial charge is 0.409 e. The lowest BCUT2D eigenvalue weighted by molar-refractivity contribution is -0.162. The number of likely N-dealkylation sites (N-methyl/N-ethyl adjacent to an activating group) is 1. The minimum absolute atomic E-state index is 0.0111. The first-order valence-electron chi connectivity index (χ1n) is 36.7. The minimum Gasteiger partial charge on any atom is -0.495 e. The quantitative estimate of drug-likeness (QED) is 0.0200. The number of ether oxygens (including phenoxy) is 8. The van der Waals surface area contributed by atoms with E-state index in [2.05, 4.69) is 37.2 Å². The van der Waals surface area contributed by atoms with Crippen LogP contribution in [0.5, 0.6) is 5.75 Å². The summed E-state index contributed by atoms with van der Waals surface area (Å²) < 4.78 is 96.2. The van der Waals surface area contributed by atoms with Gasteiger partial charge in [0.1, 0.15) is 46.8 Å². The van der Waals surface area contributed by atoms with Gasteiger partial charge in [0.05, 0.1) is 80.1 Å². The van der Waals surface area contributed by atoms with Crippen LogP contribution in [-0.4, -0.2) is 265 Å². The second-order valence-corrected chi connectivity index (χ2v) is 33.4. The van der Waals surface area contributed by atoms with E-state index in [-0.39, 0.29) is 106 Å². The van der Waals surface area contributed by atoms with Gasteiger partial charge in [0.2, 0.25) is 29.5 Å². The van der Waals surface area contributed by atoms with Crippen LogP contribution in [0.3, 0.4) is 0 Å². The third-order valence-electron chi connectivity index (χ3n) is 19.7. The van der Waals surface area contributed by atoms with Crippen molar-refractivity contribution in [1.82, 2.24) is 42.1 Å². The minimum atomic E-state index is -3.96. The molecule has 10 N–H and O–H groups in total. The zero-order valence-electron chi connectivity index (χ0n) is 65.2. The number of aliphatic hydroxyl groups is 1. The van der Waals surface area contributed by atoms with E-state index in [0.717, 1.165) is 11.1 Å². The maximum absolute atomic E-state index is 14.5. The van der Waals surface area contributed by atoms with Crippen molar-refractivity contribution in [2.24, 2.45) is 23.5 Å². The van der Waals surface area contributed by atoms with Gasteiger partial charge in [-0.3, -0.25) is 38.9 Å². The number of urea groups is 1. The van der Waals surface area contributed by atoms with Crippen molar-refractivity contribution >= 4 is 96.3 Å². The molecule has 2 fully saturated rings. The van der Waals surface area contributed by atoms with Crippen molar-refractivity contribution in [3.63, 3.8) is 0 Å². The summed E-state index contributed by atoms with van der Waals surface area (Å²) in [6.07, 6.45) is 1.50. The molecule has 33 nitrogen and oxygen atoms in total. The number of unbranched alkanes of at least 4 members (excludes halogenated alkanes) is 2. The Hall–Kier alpha value is -7.87. The Labute approximate surface area is 649 Å². The van der Waals surface area contributed by atoms with Crippen LogP contribution in [0.4, 0.5) is 15.3 Å². The molecule has 3 aliphatic rings. The molecule has 36 heteroatoms. The number of alkyl carbamates (subject to hydrolysis) is 1. The number of amides is 9. The number of nitrogens with zero attached hydrogens (tertiary/aromatic N) is 2. The Balaban J connectivity index is 1.19. The van der Waals surface area contributed by atoms with E-state index in [1.165, 1.54) is 90.6 Å². The number of rotatable bonds is 42. The number of carbonyl (C=O) groups is 10. The molecule has 0 spiro atoms. The molecule has 2 unspecified atom stereocenters. The molecule has 0 aromatic heterocycles. The lowest BCUT2D eigenvalue weighted by Gasteiger charge is -2.42. The first-order valence-corrected chi connectivity index (χ1v) is 40.7. The first kappa shape index (κ1) is 92.7. The molecule has 110 heavy (non-hydrogen) atoms. The summed E-state index contributed by atoms with van der Waals surface area (Å²) in [5.74, 6) is -9.31. The molecular formula is C74H113ClN10O23S2. The van der Waals surface area contributed by atoms with E-state index in [4.69, 9.17) is 55.2 Å². The number of nitrogens with one attached hydrogen (secondary N) is 7. The fourth-order valence-corrected chi connectivity index (χ4v) is 16.2. The third kappa shape index (κ3) is 28.4. The molecule has 3 heterocycles. The van der Waals surface area contributed by atoms with Crippen molar-refractivity contribution in [2.45, 2.75) is 172 Å². The number of methoxy groups -OCH3 is 5. The molecule has 9 amide bonds. The summed E-state index contributed by atoms with van der Waals surface area (Å²) in [5, 5.41) is 31.6. The van der Waals surface area contributed by atoms with Crippen LogP contribution in [0.25, 0.3) is 0 Å². The monoisotopic (exact) mass is 1610 g/mol. The van der Waals surface area contributed by atoms with Gasteiger partial charge in [-0.15, -0.1) is 0 Å². The van der Waals surface area contributed by atoms with E-state index in [1.807, 2.05) is 26.8 Å². The number of allylic oxidation sites excluding steroid dienone is 3. The SMILES string of the molecule is COCCNC(=O)[C@H](CCC(=O)N[C@H](CN[C@@H](CCCNC(N)=O)C(=O)NCCCCCC(=O)N(C)[C@@H](C)C(=O)O[C@H]1CC(=O)N(C)c2cc(cc(OC)c2Cl)C/C(C)=C/C=C/[C@@H](OC)C2(O)CC(OC(=O)N2)[C@@H](C)[C@@H]2O[C@@]12C)C(C)C)NC(=O)c1ccc(C(=O)C(CS(=O)(=O)CCOC)CS(=O)(=O)CCOC)cc1. The Kier molecular flexibility index (Phi) is 36.9. The molecule has 5 rings (SSSR count). The standard InChI is InChI=1S/C74H113ClN10O23S2/c1-45(2)55(81-61(86)28-27-54(69(92)78-31-32-101-9)82-67(90)51-25-23-50(24-26-51)65(89)52(43-109(97,98)35-33-102-10)44-110(99,100)36-34-103-11)42-80-53(20-18-30-79-71(76)94)68(91)77-29-16-14-15-22-62(87)84(7)48(5)70(93)107-60-40-63(88)85(8)56-38-49(39-57(104-12)64(56)75)37-46(3)19-17-21-59(105-13)74(96)41-58(106-72(95)83-74)47(4)66-73(60,6)108-66/h17,19,21,23-26,38-39,45,47-48,52-55,58-60,66,80,96H,14-16,18,20,22,27-37,40-44H2,1-13H3,(H,77,91)(H,78,92)(H,81,86)(H,82,90)(H,83,95)(H3,76,79,94)/b21-17+,46-19+/t47-,48+,53+,54+,55-,58?,59-,60+,66+,73+,74?/m1/s1. The highest BCUT2D eigenvalue weighted by molar-refractivity contribution is 7.92. The van der Waals surface area contributed by atoms with Gasteiger partial charge < -0.3 is 90.4 Å². The number of ketones is 1. The number of esters is 1. The Morgan fingerprint density at radius 3 is 2.04 bits per heavy atom. The predicted octanol–water partition coefficient (Wildman–Crippen LogP) is 3.00. The number of anilines is 1. The molecule has 3 aliphatic heterocycles. The maximum atomic E-state index is 14.5. The number of Topliss-reactive ketones (excluding diaryl/α,β-unsaturated/α-hetero) is 1. The molecule has 0 saturated carbocycles. The normalized spacial score (nSPS) is 22.1. The highest BCUT2D eigenvalue weighted by Crippen LogP contribution is 2.49. The first-order chi connectivity index (χ1) is 51.9. The molecule has 11 atom stereocenters. The number of primary amides is 1. The average molecular weight is 1610 g/mol. The largest absolute Gasteiger partial charge is 0.495 e. The summed E-state index contributed by atoms with van der Waals surface area (Å²) in [5.41, 5.74) is 3.88. The maximum Gasteiger partial charge on any atom is 0.409 e. The number of fused-ring (bicyclic) bond motifs is 5. The highest BCUT2D eigenvalue weighted by atomic mass is 35.5. The van der Waals surface area contributed by atoms with Gasteiger partial charge in [0.15, 0.2) is 31.2 Å². The Morgan fingerprint density at radius 1 is 0.809 bits per heavy atom. The van der Waals surface area contributed by atoms with Gasteiger partial charge in [0, 0.05) is 111 Å². The highest BCUT2D eigenvalue weighted by Gasteiger charge is 2.64. The fourth-order valence-electron chi connectivity index (χ4n) is 12.8. The van der Waals surface area contributed by atoms with Gasteiger partial charge in [-0.05, 0) is 95.0 Å². The van der Waals surface area contributed by atoms with E-state index >= 15 is 0 Å². The van der Waals surface area contributed by atoms with E-state index in [0.29, 0.717) is 43.5 Å². The summed E-state index contributed by atoms with van der Waals surface area (Å²) in [6.45, 7) is 10.8. The molecule has 4 bridgehead atoms. The van der Waals surface area contributed by atoms with Crippen LogP contribution in [0.2, 0.25) is 5.02 Å². The molecule has 2 aromatic carbocycles. The molecule has 0 aliphatic carbocycles. The average Bonchev–Trinajstić information content (AvgIpc) is 1.57. The summed E-state index contributed by atoms with van der Waals surface area (Å²) in [6, 6.07) is 3.94. The Morgan fingerprint density at radius 2 is 1.43 bits per heavy atom. The summed E-state index contributed by atoms with van der Waals surface area (Å²) >= 11 is 6.86. The zero-order valence-corrected chi connectivity index (χ0v) is 67.6. The topological polar surface area (TPSA) is 453 Å². The Bertz CT molecular complexity index is 3750. The molecule has 616 valence electrons. The van der Waals surface area contributed by atoms with Crippen LogP contribution in [-0.2, 0) is 88.0 Å². The van der Waals surface area contributed by atoms with Crippen LogP contribution < -0.4 is 52.6 Å². The van der Waals surface area contributed by atoms with E-state index < -0.39 is 174 Å². The van der Waals surface area contributed by atoms with Crippen molar-refractivity contribution in [1.29, 1.82) is 0 Å². The van der Waals surface area contributed by atoms with Crippen molar-refractivity contribution < 1.29 is 108 Å². The number of halogens is 1. The predicted molar refractivity (Wildman–Crippen MR) is 409 cm³/mol. The van der Waals surface area contributed by atoms with Crippen molar-refractivity contribution in [3.8, 4) is 5.75 Å². The van der Waals surface area contributed by atoms with Gasteiger partial charge in [-0.25, -0.2) is 31.2 Å². The number of sulfone groups is 2. The lowest BCUT2D eigenvalue weighted by atomic mass is 9.83.